The third kappa shape index (κ3) is 5.32. The van der Waals surface area contributed by atoms with Gasteiger partial charge in [-0.3, -0.25) is 0 Å². The topological polar surface area (TPSA) is 3.24 Å². The average molecular weight is 690 g/mol. The van der Waals surface area contributed by atoms with Gasteiger partial charge in [0.25, 0.3) is 0 Å². The second-order valence-electron chi connectivity index (χ2n) is 15.0. The van der Waals surface area contributed by atoms with Crippen molar-refractivity contribution in [3.05, 3.63) is 211 Å². The van der Waals surface area contributed by atoms with Gasteiger partial charge in [-0.15, -0.1) is 0 Å². The molecule has 0 saturated carbocycles. The molecule has 0 N–H and O–H groups in total. The Balaban J connectivity index is 1.22. The van der Waals surface area contributed by atoms with Crippen LogP contribution in [0.1, 0.15) is 25.0 Å². The molecule has 0 heterocycles. The fraction of sp³-hybridized carbons (Fsp3) is 0.0566. The summed E-state index contributed by atoms with van der Waals surface area (Å²) in [6.45, 7) is 4.72. The minimum atomic E-state index is -0.119. The number of benzene rings is 9. The van der Waals surface area contributed by atoms with Crippen LogP contribution in [0.2, 0.25) is 0 Å². The second-order valence-corrected chi connectivity index (χ2v) is 15.0. The first-order valence-electron chi connectivity index (χ1n) is 18.8. The van der Waals surface area contributed by atoms with Crippen LogP contribution in [0.25, 0.3) is 66.1 Å². The van der Waals surface area contributed by atoms with Crippen molar-refractivity contribution < 1.29 is 0 Å². The molecule has 1 nitrogen and oxygen atoms in total. The smallest absolute Gasteiger partial charge is 0.0543 e. The zero-order valence-corrected chi connectivity index (χ0v) is 30.5. The molecular formula is C53H39N. The van der Waals surface area contributed by atoms with Gasteiger partial charge in [-0.25, -0.2) is 0 Å². The standard InChI is InChI=1S/C53H39N/c1-53(2)48-20-11-10-19-46(48)52-49(53)21-12-22-51(52)54(45-30-27-39(28-31-45)42-25-23-37-15-6-8-17-40(37)33-42)50-32-29-43(36-13-4-3-5-14-36)35-47(50)44-26-24-38-16-7-9-18-41(38)34-44/h3-35H,1-2H3. The average Bonchev–Trinajstić information content (AvgIpc) is 3.47. The maximum absolute atomic E-state index is 2.50. The van der Waals surface area contributed by atoms with Crippen molar-refractivity contribution in [1.29, 1.82) is 0 Å². The highest BCUT2D eigenvalue weighted by Crippen LogP contribution is 2.55. The van der Waals surface area contributed by atoms with Gasteiger partial charge >= 0.3 is 0 Å². The summed E-state index contributed by atoms with van der Waals surface area (Å²) in [5.41, 5.74) is 15.8. The van der Waals surface area contributed by atoms with Crippen molar-refractivity contribution in [2.75, 3.05) is 4.90 Å². The molecule has 0 radical (unpaired) electrons. The number of anilines is 3. The number of nitrogens with zero attached hydrogens (tertiary/aromatic N) is 1. The van der Waals surface area contributed by atoms with Gasteiger partial charge in [0.15, 0.2) is 0 Å². The highest BCUT2D eigenvalue weighted by atomic mass is 15.1. The molecule has 0 saturated heterocycles. The highest BCUT2D eigenvalue weighted by Gasteiger charge is 2.38. The summed E-state index contributed by atoms with van der Waals surface area (Å²) in [4.78, 5) is 2.50. The van der Waals surface area contributed by atoms with E-state index in [-0.39, 0.29) is 5.41 Å². The van der Waals surface area contributed by atoms with Crippen LogP contribution in [0, 0.1) is 0 Å². The maximum atomic E-state index is 2.50. The molecule has 54 heavy (non-hydrogen) atoms. The molecule has 1 aliphatic carbocycles. The van der Waals surface area contributed by atoms with E-state index >= 15 is 0 Å². The quantitative estimate of drug-likeness (QED) is 0.168. The summed E-state index contributed by atoms with van der Waals surface area (Å²) in [6.07, 6.45) is 0. The lowest BCUT2D eigenvalue weighted by Gasteiger charge is -2.31. The van der Waals surface area contributed by atoms with Gasteiger partial charge in [0, 0.05) is 22.2 Å². The van der Waals surface area contributed by atoms with Gasteiger partial charge in [-0.1, -0.05) is 172 Å². The number of fused-ring (bicyclic) bond motifs is 5. The predicted octanol–water partition coefficient (Wildman–Crippen LogP) is 14.8. The van der Waals surface area contributed by atoms with Crippen molar-refractivity contribution in [1.82, 2.24) is 0 Å². The molecule has 1 aliphatic rings. The van der Waals surface area contributed by atoms with Gasteiger partial charge in [0.05, 0.1) is 11.4 Å². The van der Waals surface area contributed by atoms with Gasteiger partial charge in [0.2, 0.25) is 0 Å². The Bertz CT molecular complexity index is 2850. The lowest BCUT2D eigenvalue weighted by Crippen LogP contribution is -2.16. The summed E-state index contributed by atoms with van der Waals surface area (Å²) in [7, 11) is 0. The Morgan fingerprint density at radius 1 is 0.333 bits per heavy atom. The van der Waals surface area contributed by atoms with Crippen molar-refractivity contribution in [2.24, 2.45) is 0 Å². The Morgan fingerprint density at radius 3 is 1.61 bits per heavy atom. The van der Waals surface area contributed by atoms with Crippen molar-refractivity contribution >= 4 is 38.6 Å². The van der Waals surface area contributed by atoms with Crippen LogP contribution < -0.4 is 4.90 Å². The maximum Gasteiger partial charge on any atom is 0.0543 e. The van der Waals surface area contributed by atoms with Gasteiger partial charge in [-0.05, 0) is 109 Å². The van der Waals surface area contributed by atoms with Crippen molar-refractivity contribution in [3.63, 3.8) is 0 Å². The number of hydrogen-bond donors (Lipinski definition) is 0. The Kier molecular flexibility index (Phi) is 7.56. The molecule has 0 aliphatic heterocycles. The van der Waals surface area contributed by atoms with Crippen LogP contribution in [-0.2, 0) is 5.41 Å². The fourth-order valence-corrected chi connectivity index (χ4v) is 8.63. The van der Waals surface area contributed by atoms with Crippen LogP contribution in [-0.4, -0.2) is 0 Å². The lowest BCUT2D eigenvalue weighted by atomic mass is 9.82. The highest BCUT2D eigenvalue weighted by molar-refractivity contribution is 6.00. The van der Waals surface area contributed by atoms with E-state index in [2.05, 4.69) is 219 Å². The summed E-state index contributed by atoms with van der Waals surface area (Å²) in [5.74, 6) is 0. The van der Waals surface area contributed by atoms with E-state index in [0.717, 1.165) is 11.4 Å². The summed E-state index contributed by atoms with van der Waals surface area (Å²) in [5, 5.41) is 4.97. The van der Waals surface area contributed by atoms with E-state index in [1.807, 2.05) is 0 Å². The zero-order chi connectivity index (χ0) is 36.2. The number of rotatable bonds is 6. The van der Waals surface area contributed by atoms with E-state index in [9.17, 15) is 0 Å². The minimum absolute atomic E-state index is 0.119. The zero-order valence-electron chi connectivity index (χ0n) is 30.5. The van der Waals surface area contributed by atoms with Gasteiger partial charge in [-0.2, -0.15) is 0 Å². The van der Waals surface area contributed by atoms with E-state index < -0.39 is 0 Å². The molecule has 0 atom stereocenters. The fourth-order valence-electron chi connectivity index (χ4n) is 8.63. The largest absolute Gasteiger partial charge is 0.309 e. The van der Waals surface area contributed by atoms with Crippen LogP contribution in [0.3, 0.4) is 0 Å². The lowest BCUT2D eigenvalue weighted by molar-refractivity contribution is 0.660. The minimum Gasteiger partial charge on any atom is -0.309 e. The first-order chi connectivity index (χ1) is 26.5. The molecule has 0 fully saturated rings. The molecule has 10 rings (SSSR count). The molecule has 0 unspecified atom stereocenters. The number of hydrogen-bond acceptors (Lipinski definition) is 1. The molecule has 1 heteroatoms. The molecular weight excluding hydrogens is 651 g/mol. The van der Waals surface area contributed by atoms with Crippen LogP contribution in [0.5, 0.6) is 0 Å². The summed E-state index contributed by atoms with van der Waals surface area (Å²) in [6, 6.07) is 73.6. The Morgan fingerprint density at radius 2 is 0.870 bits per heavy atom. The summed E-state index contributed by atoms with van der Waals surface area (Å²) >= 11 is 0. The van der Waals surface area contributed by atoms with Crippen molar-refractivity contribution in [2.45, 2.75) is 19.3 Å². The molecule has 0 spiro atoms. The van der Waals surface area contributed by atoms with E-state index in [0.29, 0.717) is 0 Å². The molecule has 9 aromatic rings. The molecule has 256 valence electrons. The van der Waals surface area contributed by atoms with Crippen molar-refractivity contribution in [3.8, 4) is 44.5 Å². The molecule has 9 aromatic carbocycles. The molecule has 0 amide bonds. The Hall–Kier alpha value is -6.70. The van der Waals surface area contributed by atoms with Crippen LogP contribution in [0.15, 0.2) is 200 Å². The third-order valence-electron chi connectivity index (χ3n) is 11.4. The SMILES string of the molecule is CC1(C)c2ccccc2-c2c(N(c3ccc(-c4ccc5ccccc5c4)cc3)c3ccc(-c4ccccc4)cc3-c3ccc4ccccc4c3)cccc21. The van der Waals surface area contributed by atoms with Gasteiger partial charge in [0.1, 0.15) is 0 Å². The third-order valence-corrected chi connectivity index (χ3v) is 11.4. The monoisotopic (exact) mass is 689 g/mol. The molecule has 0 aromatic heterocycles. The van der Waals surface area contributed by atoms with Crippen LogP contribution in [0.4, 0.5) is 17.1 Å². The van der Waals surface area contributed by atoms with Crippen LogP contribution >= 0.6 is 0 Å². The van der Waals surface area contributed by atoms with Gasteiger partial charge < -0.3 is 4.90 Å². The predicted molar refractivity (Wildman–Crippen MR) is 230 cm³/mol. The normalized spacial score (nSPS) is 12.8. The Labute approximate surface area is 317 Å². The van der Waals surface area contributed by atoms with E-state index in [4.69, 9.17) is 0 Å². The van der Waals surface area contributed by atoms with E-state index in [1.54, 1.807) is 0 Å². The second kappa shape index (κ2) is 12.8. The first kappa shape index (κ1) is 32.0. The van der Waals surface area contributed by atoms with E-state index in [1.165, 1.54) is 82.9 Å². The molecule has 0 bridgehead atoms. The first-order valence-corrected chi connectivity index (χ1v) is 18.8. The summed E-state index contributed by atoms with van der Waals surface area (Å²) < 4.78 is 0.